The fourth-order valence-electron chi connectivity index (χ4n) is 5.24. The molecule has 4 nitrogen and oxygen atoms in total. The maximum Gasteiger partial charge on any atom is 0.0543 e. The lowest BCUT2D eigenvalue weighted by Crippen LogP contribution is -2.53. The van der Waals surface area contributed by atoms with Gasteiger partial charge in [0.1, 0.15) is 0 Å². The zero-order valence-corrected chi connectivity index (χ0v) is 15.0. The van der Waals surface area contributed by atoms with Crippen LogP contribution in [0.5, 0.6) is 0 Å². The van der Waals surface area contributed by atoms with Crippen molar-refractivity contribution in [3.05, 3.63) is 30.1 Å². The van der Waals surface area contributed by atoms with Crippen LogP contribution in [0.2, 0.25) is 0 Å². The van der Waals surface area contributed by atoms with Crippen LogP contribution in [-0.4, -0.2) is 58.6 Å². The molecule has 2 bridgehead atoms. The summed E-state index contributed by atoms with van der Waals surface area (Å²) < 4.78 is 0. The fourth-order valence-corrected chi connectivity index (χ4v) is 5.24. The number of fused-ring (bicyclic) bond motifs is 2. The van der Waals surface area contributed by atoms with Crippen LogP contribution in [0.15, 0.2) is 24.4 Å². The molecule has 4 heteroatoms. The first-order valence-corrected chi connectivity index (χ1v) is 9.96. The van der Waals surface area contributed by atoms with Crippen LogP contribution in [0.1, 0.15) is 51.1 Å². The van der Waals surface area contributed by atoms with Crippen LogP contribution >= 0.6 is 0 Å². The standard InChI is InChI=1S/C20H32N4/c1-2-24-19-6-7-20(24)14-18(13-19)22-16-8-11-23(12-9-16)15-17-5-3-4-10-21-17/h3-5,10,16,18-20,22H,2,6-9,11-15H2,1H3. The SMILES string of the molecule is CCN1C2CCC1CC(NC1CCN(Cc3ccccn3)CC1)C2. The highest BCUT2D eigenvalue weighted by molar-refractivity contribution is 5.03. The van der Waals surface area contributed by atoms with Gasteiger partial charge in [-0.2, -0.15) is 0 Å². The molecule has 4 rings (SSSR count). The second-order valence-corrected chi connectivity index (χ2v) is 7.92. The molecule has 2 unspecified atom stereocenters. The van der Waals surface area contributed by atoms with Gasteiger partial charge in [0, 0.05) is 50.0 Å². The van der Waals surface area contributed by atoms with E-state index in [1.807, 2.05) is 12.3 Å². The van der Waals surface area contributed by atoms with Crippen LogP contribution in [0.25, 0.3) is 0 Å². The van der Waals surface area contributed by atoms with Crippen molar-refractivity contribution in [3.8, 4) is 0 Å². The lowest BCUT2D eigenvalue weighted by atomic mass is 9.94. The third-order valence-corrected chi connectivity index (χ3v) is 6.42. The summed E-state index contributed by atoms with van der Waals surface area (Å²) in [6.45, 7) is 6.99. The Morgan fingerprint density at radius 1 is 1.04 bits per heavy atom. The van der Waals surface area contributed by atoms with Gasteiger partial charge >= 0.3 is 0 Å². The summed E-state index contributed by atoms with van der Waals surface area (Å²) >= 11 is 0. The van der Waals surface area contributed by atoms with E-state index in [1.54, 1.807) is 0 Å². The van der Waals surface area contributed by atoms with Crippen LogP contribution in [0, 0.1) is 0 Å². The smallest absolute Gasteiger partial charge is 0.0543 e. The number of likely N-dealkylation sites (tertiary alicyclic amines) is 1. The molecule has 3 saturated heterocycles. The highest BCUT2D eigenvalue weighted by Crippen LogP contribution is 2.35. The first-order chi connectivity index (χ1) is 11.8. The average molecular weight is 329 g/mol. The zero-order valence-electron chi connectivity index (χ0n) is 15.0. The Morgan fingerprint density at radius 2 is 1.79 bits per heavy atom. The van der Waals surface area contributed by atoms with Gasteiger partial charge in [0.05, 0.1) is 5.69 Å². The van der Waals surface area contributed by atoms with Crippen LogP contribution < -0.4 is 5.32 Å². The number of piperidine rings is 2. The summed E-state index contributed by atoms with van der Waals surface area (Å²) in [4.78, 5) is 9.78. The summed E-state index contributed by atoms with van der Waals surface area (Å²) in [5, 5.41) is 4.02. The minimum atomic E-state index is 0.725. The van der Waals surface area contributed by atoms with Crippen LogP contribution in [-0.2, 0) is 6.54 Å². The van der Waals surface area contributed by atoms with Gasteiger partial charge in [-0.1, -0.05) is 13.0 Å². The number of rotatable bonds is 5. The summed E-state index contributed by atoms with van der Waals surface area (Å²) in [6, 6.07) is 9.43. The molecule has 0 spiro atoms. The normalized spacial score (nSPS) is 32.3. The van der Waals surface area contributed by atoms with Crippen LogP contribution in [0.4, 0.5) is 0 Å². The highest BCUT2D eigenvalue weighted by atomic mass is 15.2. The van der Waals surface area contributed by atoms with E-state index in [0.717, 1.165) is 30.7 Å². The number of aromatic nitrogens is 1. The molecule has 1 N–H and O–H groups in total. The number of hydrogen-bond acceptors (Lipinski definition) is 4. The van der Waals surface area contributed by atoms with Crippen molar-refractivity contribution >= 4 is 0 Å². The van der Waals surface area contributed by atoms with Gasteiger partial charge < -0.3 is 5.32 Å². The maximum absolute atomic E-state index is 4.46. The molecule has 132 valence electrons. The molecule has 0 saturated carbocycles. The molecular formula is C20H32N4. The predicted octanol–water partition coefficient (Wildman–Crippen LogP) is 2.65. The molecule has 3 aliphatic heterocycles. The van der Waals surface area contributed by atoms with Gasteiger partial charge in [0.25, 0.3) is 0 Å². The minimum absolute atomic E-state index is 0.725. The summed E-state index contributed by atoms with van der Waals surface area (Å²) in [5.41, 5.74) is 1.20. The van der Waals surface area contributed by atoms with Crippen molar-refractivity contribution < 1.29 is 0 Å². The Hall–Kier alpha value is -0.970. The van der Waals surface area contributed by atoms with E-state index in [4.69, 9.17) is 0 Å². The average Bonchev–Trinajstić information content (AvgIpc) is 2.87. The van der Waals surface area contributed by atoms with E-state index in [-0.39, 0.29) is 0 Å². The van der Waals surface area contributed by atoms with Gasteiger partial charge in [0.2, 0.25) is 0 Å². The quantitative estimate of drug-likeness (QED) is 0.900. The van der Waals surface area contributed by atoms with Crippen molar-refractivity contribution in [3.63, 3.8) is 0 Å². The van der Waals surface area contributed by atoms with Gasteiger partial charge in [-0.25, -0.2) is 0 Å². The summed E-state index contributed by atoms with van der Waals surface area (Å²) in [7, 11) is 0. The first kappa shape index (κ1) is 16.5. The highest BCUT2D eigenvalue weighted by Gasteiger charge is 2.40. The molecule has 24 heavy (non-hydrogen) atoms. The molecule has 0 aromatic carbocycles. The number of hydrogen-bond donors (Lipinski definition) is 1. The van der Waals surface area contributed by atoms with Crippen LogP contribution in [0.3, 0.4) is 0 Å². The zero-order chi connectivity index (χ0) is 16.4. The third-order valence-electron chi connectivity index (χ3n) is 6.42. The minimum Gasteiger partial charge on any atom is -0.311 e. The largest absolute Gasteiger partial charge is 0.311 e. The fraction of sp³-hybridized carbons (Fsp3) is 0.750. The Balaban J connectivity index is 1.23. The lowest BCUT2D eigenvalue weighted by molar-refractivity contribution is 0.109. The van der Waals surface area contributed by atoms with E-state index < -0.39 is 0 Å². The summed E-state index contributed by atoms with van der Waals surface area (Å²) in [6.07, 6.45) is 10.1. The topological polar surface area (TPSA) is 31.4 Å². The molecule has 0 radical (unpaired) electrons. The Bertz CT molecular complexity index is 498. The molecule has 4 heterocycles. The molecular weight excluding hydrogens is 296 g/mol. The van der Waals surface area contributed by atoms with Crippen molar-refractivity contribution in [1.82, 2.24) is 20.1 Å². The monoisotopic (exact) mass is 328 g/mol. The lowest BCUT2D eigenvalue weighted by Gasteiger charge is -2.41. The van der Waals surface area contributed by atoms with E-state index in [2.05, 4.69) is 39.2 Å². The molecule has 1 aromatic rings. The second kappa shape index (κ2) is 7.51. The summed E-state index contributed by atoms with van der Waals surface area (Å²) in [5.74, 6) is 0. The van der Waals surface area contributed by atoms with Gasteiger partial charge in [-0.05, 0) is 57.2 Å². The van der Waals surface area contributed by atoms with E-state index >= 15 is 0 Å². The molecule has 1 aromatic heterocycles. The number of nitrogens with one attached hydrogen (secondary N) is 1. The predicted molar refractivity (Wildman–Crippen MR) is 97.9 cm³/mol. The first-order valence-electron chi connectivity index (χ1n) is 9.96. The Kier molecular flexibility index (Phi) is 5.16. The van der Waals surface area contributed by atoms with Crippen molar-refractivity contribution in [2.24, 2.45) is 0 Å². The van der Waals surface area contributed by atoms with Gasteiger partial charge in [0.15, 0.2) is 0 Å². The van der Waals surface area contributed by atoms with E-state index in [1.165, 1.54) is 63.9 Å². The van der Waals surface area contributed by atoms with Crippen molar-refractivity contribution in [1.29, 1.82) is 0 Å². The molecule has 0 aliphatic carbocycles. The second-order valence-electron chi connectivity index (χ2n) is 7.92. The Morgan fingerprint density at radius 3 is 2.42 bits per heavy atom. The molecule has 3 fully saturated rings. The molecule has 2 atom stereocenters. The van der Waals surface area contributed by atoms with Gasteiger partial charge in [-0.15, -0.1) is 0 Å². The molecule has 0 amide bonds. The number of nitrogens with zero attached hydrogens (tertiary/aromatic N) is 3. The van der Waals surface area contributed by atoms with Crippen molar-refractivity contribution in [2.75, 3.05) is 19.6 Å². The number of pyridine rings is 1. The van der Waals surface area contributed by atoms with Crippen molar-refractivity contribution in [2.45, 2.75) is 76.2 Å². The third kappa shape index (κ3) is 3.66. The van der Waals surface area contributed by atoms with Gasteiger partial charge in [-0.3, -0.25) is 14.8 Å². The molecule has 3 aliphatic rings. The maximum atomic E-state index is 4.46. The Labute approximate surface area is 146 Å². The van der Waals surface area contributed by atoms with E-state index in [0.29, 0.717) is 0 Å². The van der Waals surface area contributed by atoms with E-state index in [9.17, 15) is 0 Å².